The number of rotatable bonds is 12. The molecule has 0 fully saturated rings. The van der Waals surface area contributed by atoms with E-state index in [-0.39, 0.29) is 0 Å². The molecule has 0 atom stereocenters. The molecule has 13 rings (SSSR count). The van der Waals surface area contributed by atoms with Gasteiger partial charge < -0.3 is 0 Å². The van der Waals surface area contributed by atoms with Crippen molar-refractivity contribution in [3.63, 3.8) is 0 Å². The smallest absolute Gasteiger partial charge is 0.0677 e. The van der Waals surface area contributed by atoms with Crippen LogP contribution in [0.4, 0.5) is 0 Å². The van der Waals surface area contributed by atoms with Gasteiger partial charge in [-0.1, -0.05) is 274 Å². The van der Waals surface area contributed by atoms with E-state index < -0.39 is 16.1 Å². The summed E-state index contributed by atoms with van der Waals surface area (Å²) >= 11 is 0. The summed E-state index contributed by atoms with van der Waals surface area (Å²) in [4.78, 5) is 0. The zero-order chi connectivity index (χ0) is 44.5. The molecule has 9 aromatic rings. The maximum absolute atomic E-state index is 2.80. The number of unbranched alkanes of at least 4 members (excludes halogenated alkanes) is 3. The lowest BCUT2D eigenvalue weighted by atomic mass is 10.1. The predicted molar refractivity (Wildman–Crippen MR) is 286 cm³/mol. The molecule has 0 aliphatic heterocycles. The Hall–Kier alpha value is -6.59. The van der Waals surface area contributed by atoms with Crippen LogP contribution in [-0.2, 0) is 0 Å². The molecule has 0 radical (unpaired) electrons. The molecule has 0 heterocycles. The van der Waals surface area contributed by atoms with Gasteiger partial charge in [0.1, 0.15) is 8.07 Å². The van der Waals surface area contributed by atoms with Gasteiger partial charge in [0.15, 0.2) is 0 Å². The molecule has 0 unspecified atom stereocenters. The molecule has 0 aromatic heterocycles. The molecule has 324 valence electrons. The first-order valence-electron chi connectivity index (χ1n) is 25.0. The van der Waals surface area contributed by atoms with E-state index in [2.05, 4.69) is 231 Å². The van der Waals surface area contributed by atoms with Crippen LogP contribution >= 0.6 is 0 Å². The third-order valence-corrected chi connectivity index (χ3v) is 28.3. The monoisotopic (exact) mass is 892 g/mol. The second kappa shape index (κ2) is 16.3. The fourth-order valence-corrected chi connectivity index (χ4v) is 27.1. The highest BCUT2D eigenvalue weighted by atomic mass is 28.3. The summed E-state index contributed by atoms with van der Waals surface area (Å²) in [6, 6.07) is 90.0. The van der Waals surface area contributed by atoms with Gasteiger partial charge in [-0.25, -0.2) is 0 Å². The number of hydrogen-bond acceptors (Lipinski definition) is 0. The first kappa shape index (κ1) is 40.7. The minimum atomic E-state index is -2.60. The fourth-order valence-electron chi connectivity index (χ4n) is 14.6. The van der Waals surface area contributed by atoms with Crippen molar-refractivity contribution in [3.8, 4) is 44.5 Å². The molecule has 67 heavy (non-hydrogen) atoms. The normalized spacial score (nSPS) is 14.8. The second-order valence-electron chi connectivity index (χ2n) is 20.3. The van der Waals surface area contributed by atoms with E-state index in [1.165, 1.54) is 105 Å². The second-order valence-corrected chi connectivity index (χ2v) is 29.2. The highest BCUT2D eigenvalue weighted by Crippen LogP contribution is 2.61. The molecule has 4 aliphatic carbocycles. The van der Waals surface area contributed by atoms with Crippen LogP contribution in [0.15, 0.2) is 224 Å². The maximum Gasteiger partial charge on any atom is 0.110 e. The number of hydrogen-bond donors (Lipinski definition) is 0. The van der Waals surface area contributed by atoms with Crippen LogP contribution in [0.3, 0.4) is 0 Å². The van der Waals surface area contributed by atoms with E-state index in [0.717, 1.165) is 0 Å². The summed E-state index contributed by atoms with van der Waals surface area (Å²) in [5.41, 5.74) is 25.5. The topological polar surface area (TPSA) is 0 Å². The van der Waals surface area contributed by atoms with Crippen molar-refractivity contribution in [1.29, 1.82) is 0 Å². The minimum absolute atomic E-state index is 0.340. The third-order valence-electron chi connectivity index (χ3n) is 17.1. The Labute approximate surface area is 399 Å². The summed E-state index contributed by atoms with van der Waals surface area (Å²) in [6.45, 7) is 2.80. The molecular weight excluding hydrogens is 837 g/mol. The number of fused-ring (bicyclic) bond motifs is 12. The Balaban J connectivity index is 0.892. The van der Waals surface area contributed by atoms with Crippen molar-refractivity contribution in [2.24, 2.45) is 0 Å². The number of benzene rings is 9. The van der Waals surface area contributed by atoms with Gasteiger partial charge in [-0.3, -0.25) is 0 Å². The van der Waals surface area contributed by atoms with Crippen LogP contribution in [0.2, 0.25) is 18.6 Å². The van der Waals surface area contributed by atoms with Gasteiger partial charge in [0.2, 0.25) is 0 Å². The molecular formula is C65H56Si2. The van der Waals surface area contributed by atoms with Crippen molar-refractivity contribution in [1.82, 2.24) is 0 Å². The third kappa shape index (κ3) is 6.15. The van der Waals surface area contributed by atoms with Crippen molar-refractivity contribution >= 4 is 21.3 Å². The Morgan fingerprint density at radius 3 is 0.791 bits per heavy atom. The van der Waals surface area contributed by atoms with Gasteiger partial charge in [0.25, 0.3) is 0 Å². The minimum Gasteiger partial charge on any atom is -0.0677 e. The van der Waals surface area contributed by atoms with Gasteiger partial charge in [0, 0.05) is 22.2 Å². The molecule has 9 aromatic carbocycles. The predicted octanol–water partition coefficient (Wildman–Crippen LogP) is 16.4. The van der Waals surface area contributed by atoms with Gasteiger partial charge in [-0.05, 0) is 89.0 Å². The van der Waals surface area contributed by atoms with Crippen molar-refractivity contribution in [2.45, 2.75) is 66.5 Å². The standard InChI is InChI=1S/C65H56Si2/c1-66(62-54-35-15-7-27-46(54)47-28-8-16-36-55(47)62,63-56-37-17-9-29-48(56)49-30-10-18-38-57(49)63)43-23-2-3-24-44-67(45-25-5-4-6-26-45,64-58-39-19-11-31-50(58)51-32-12-20-40-59(51)64)65-60-41-21-13-33-52(60)53-34-14-22-42-61(53)65/h4-22,25-42,62-65H,2-3,23-24,43-44H2,1H3. The summed E-state index contributed by atoms with van der Waals surface area (Å²) in [5, 5.41) is 1.60. The van der Waals surface area contributed by atoms with E-state index >= 15 is 0 Å². The Kier molecular flexibility index (Phi) is 9.91. The van der Waals surface area contributed by atoms with Crippen LogP contribution in [0.5, 0.6) is 0 Å². The van der Waals surface area contributed by atoms with E-state index in [4.69, 9.17) is 0 Å². The molecule has 0 spiro atoms. The average molecular weight is 893 g/mol. The average Bonchev–Trinajstić information content (AvgIpc) is 4.13. The van der Waals surface area contributed by atoms with E-state index in [0.29, 0.717) is 22.2 Å². The first-order valence-corrected chi connectivity index (χ1v) is 30.2. The molecule has 0 saturated heterocycles. The van der Waals surface area contributed by atoms with Gasteiger partial charge in [-0.15, -0.1) is 0 Å². The Morgan fingerprint density at radius 2 is 0.493 bits per heavy atom. The molecule has 0 bridgehead atoms. The summed E-state index contributed by atoms with van der Waals surface area (Å²) in [7, 11) is -4.83. The summed E-state index contributed by atoms with van der Waals surface area (Å²) < 4.78 is 0. The summed E-state index contributed by atoms with van der Waals surface area (Å²) in [6.07, 6.45) is 4.98. The van der Waals surface area contributed by atoms with Crippen molar-refractivity contribution < 1.29 is 0 Å². The van der Waals surface area contributed by atoms with Crippen molar-refractivity contribution in [2.75, 3.05) is 0 Å². The highest BCUT2D eigenvalue weighted by Gasteiger charge is 2.56. The molecule has 4 aliphatic rings. The van der Waals surface area contributed by atoms with Gasteiger partial charge in [-0.2, -0.15) is 0 Å². The lowest BCUT2D eigenvalue weighted by Gasteiger charge is -2.45. The molecule has 0 N–H and O–H groups in total. The lowest BCUT2D eigenvalue weighted by molar-refractivity contribution is 0.682. The quantitative estimate of drug-likeness (QED) is 0.0847. The summed E-state index contributed by atoms with van der Waals surface area (Å²) in [5.74, 6) is 0. The van der Waals surface area contributed by atoms with Crippen LogP contribution in [0.25, 0.3) is 44.5 Å². The fraction of sp³-hybridized carbons (Fsp3) is 0.169. The van der Waals surface area contributed by atoms with Crippen LogP contribution in [-0.4, -0.2) is 16.1 Å². The van der Waals surface area contributed by atoms with E-state index in [1.54, 1.807) is 27.4 Å². The molecule has 0 amide bonds. The van der Waals surface area contributed by atoms with Gasteiger partial charge >= 0.3 is 0 Å². The van der Waals surface area contributed by atoms with E-state index in [9.17, 15) is 0 Å². The van der Waals surface area contributed by atoms with Crippen molar-refractivity contribution in [3.05, 3.63) is 269 Å². The van der Waals surface area contributed by atoms with E-state index in [1.807, 2.05) is 0 Å². The molecule has 0 saturated carbocycles. The molecule has 2 heteroatoms. The zero-order valence-electron chi connectivity index (χ0n) is 38.4. The Morgan fingerprint density at radius 1 is 0.254 bits per heavy atom. The maximum atomic E-state index is 2.80. The van der Waals surface area contributed by atoms with Crippen LogP contribution in [0, 0.1) is 0 Å². The largest absolute Gasteiger partial charge is 0.110 e. The lowest BCUT2D eigenvalue weighted by Crippen LogP contribution is -2.58. The van der Waals surface area contributed by atoms with Crippen LogP contribution in [0.1, 0.15) is 92.4 Å². The molecule has 0 nitrogen and oxygen atoms in total. The zero-order valence-corrected chi connectivity index (χ0v) is 40.4. The highest BCUT2D eigenvalue weighted by molar-refractivity contribution is 6.95. The van der Waals surface area contributed by atoms with Crippen LogP contribution < -0.4 is 5.19 Å². The van der Waals surface area contributed by atoms with Gasteiger partial charge in [0.05, 0.1) is 8.07 Å². The Bertz CT molecular complexity index is 2950. The first-order chi connectivity index (χ1) is 33.2. The SMILES string of the molecule is C[Si](CCCCCC[Si](c1ccccc1)(C1c2ccccc2-c2ccccc21)C1c2ccccc2-c2ccccc21)(C1c2ccccc2-c2ccccc21)C1c2ccccc2-c2ccccc21.